The number of nitrogens with one attached hydrogen (secondary N) is 1. The van der Waals surface area contributed by atoms with Crippen molar-refractivity contribution in [3.63, 3.8) is 0 Å². The Morgan fingerprint density at radius 2 is 2.36 bits per heavy atom. The van der Waals surface area contributed by atoms with Crippen LogP contribution < -0.4 is 0 Å². The van der Waals surface area contributed by atoms with Gasteiger partial charge in [0.1, 0.15) is 0 Å². The van der Waals surface area contributed by atoms with Crippen LogP contribution in [0, 0.1) is 0 Å². The highest BCUT2D eigenvalue weighted by Gasteiger charge is 2.01. The lowest BCUT2D eigenvalue weighted by Crippen LogP contribution is -1.88. The summed E-state index contributed by atoms with van der Waals surface area (Å²) in [6, 6.07) is 1.93. The zero-order chi connectivity index (χ0) is 7.52. The van der Waals surface area contributed by atoms with E-state index in [9.17, 15) is 0 Å². The van der Waals surface area contributed by atoms with Gasteiger partial charge in [-0.05, 0) is 18.9 Å². The molecule has 0 saturated heterocycles. The van der Waals surface area contributed by atoms with Gasteiger partial charge in [-0.3, -0.25) is 10.1 Å². The lowest BCUT2D eigenvalue weighted by Gasteiger charge is -2.01. The molecule has 0 bridgehead atoms. The van der Waals surface area contributed by atoms with Gasteiger partial charge in [-0.25, -0.2) is 0 Å². The van der Waals surface area contributed by atoms with E-state index in [4.69, 9.17) is 0 Å². The molecule has 2 rings (SSSR count). The van der Waals surface area contributed by atoms with Gasteiger partial charge in [-0.1, -0.05) is 6.08 Å². The Labute approximate surface area is 64.9 Å². The van der Waals surface area contributed by atoms with E-state index in [0.29, 0.717) is 0 Å². The topological polar surface area (TPSA) is 41.0 Å². The fraction of sp³-hybridized carbons (Fsp3) is 0.250. The summed E-state index contributed by atoms with van der Waals surface area (Å²) >= 11 is 0. The first kappa shape index (κ1) is 6.34. The van der Waals surface area contributed by atoms with Crippen LogP contribution in [-0.2, 0) is 0 Å². The standard InChI is InChI=1S/C8H9N3/c1-2-5-9-7(3-1)8-4-6-10-11-8/h3-6H,1-2H2,(H,10,11). The van der Waals surface area contributed by atoms with E-state index in [1.54, 1.807) is 6.20 Å². The molecule has 0 aromatic carbocycles. The first-order chi connectivity index (χ1) is 5.47. The van der Waals surface area contributed by atoms with Crippen LogP contribution in [0.4, 0.5) is 0 Å². The Hall–Kier alpha value is -1.38. The van der Waals surface area contributed by atoms with Crippen molar-refractivity contribution in [1.29, 1.82) is 0 Å². The number of H-pyrrole nitrogens is 1. The Bertz CT molecular complexity index is 282. The Balaban J connectivity index is 2.29. The minimum absolute atomic E-state index is 1.00. The number of allylic oxidation sites excluding steroid dienone is 1. The van der Waals surface area contributed by atoms with Gasteiger partial charge in [0.25, 0.3) is 0 Å². The van der Waals surface area contributed by atoms with Crippen molar-refractivity contribution in [2.75, 3.05) is 0 Å². The minimum atomic E-state index is 1.00. The van der Waals surface area contributed by atoms with Crippen molar-refractivity contribution in [3.8, 4) is 0 Å². The molecule has 0 aliphatic carbocycles. The number of aromatic amines is 1. The largest absolute Gasteiger partial charge is 0.276 e. The van der Waals surface area contributed by atoms with E-state index in [1.807, 2.05) is 12.3 Å². The highest BCUT2D eigenvalue weighted by molar-refractivity contribution is 5.74. The lowest BCUT2D eigenvalue weighted by molar-refractivity contribution is 1.05. The van der Waals surface area contributed by atoms with Crippen LogP contribution in [0.25, 0.3) is 5.70 Å². The molecule has 1 N–H and O–H groups in total. The molecule has 3 heteroatoms. The van der Waals surface area contributed by atoms with Crippen molar-refractivity contribution in [3.05, 3.63) is 24.0 Å². The summed E-state index contributed by atoms with van der Waals surface area (Å²) < 4.78 is 0. The van der Waals surface area contributed by atoms with Gasteiger partial charge in [-0.2, -0.15) is 5.10 Å². The van der Waals surface area contributed by atoms with Crippen molar-refractivity contribution in [2.45, 2.75) is 12.8 Å². The van der Waals surface area contributed by atoms with Gasteiger partial charge < -0.3 is 0 Å². The molecule has 0 amide bonds. The average molecular weight is 147 g/mol. The summed E-state index contributed by atoms with van der Waals surface area (Å²) in [5.74, 6) is 0. The predicted molar refractivity (Wildman–Crippen MR) is 44.3 cm³/mol. The minimum Gasteiger partial charge on any atom is -0.276 e. The van der Waals surface area contributed by atoms with Crippen LogP contribution in [-0.4, -0.2) is 16.4 Å². The molecule has 1 aromatic rings. The molecule has 1 aliphatic heterocycles. The molecule has 0 saturated carbocycles. The van der Waals surface area contributed by atoms with Gasteiger partial charge in [-0.15, -0.1) is 0 Å². The van der Waals surface area contributed by atoms with Crippen LogP contribution in [0.5, 0.6) is 0 Å². The maximum Gasteiger partial charge on any atom is 0.0836 e. The average Bonchev–Trinajstić information content (AvgIpc) is 2.58. The number of aliphatic imine (C=N–C) groups is 1. The van der Waals surface area contributed by atoms with E-state index >= 15 is 0 Å². The van der Waals surface area contributed by atoms with E-state index in [-0.39, 0.29) is 0 Å². The molecule has 0 radical (unpaired) electrons. The summed E-state index contributed by atoms with van der Waals surface area (Å²) in [4.78, 5) is 4.24. The van der Waals surface area contributed by atoms with Crippen molar-refractivity contribution in [1.82, 2.24) is 10.2 Å². The number of hydrogen-bond acceptors (Lipinski definition) is 2. The summed E-state index contributed by atoms with van der Waals surface area (Å²) in [5, 5.41) is 6.73. The number of rotatable bonds is 1. The van der Waals surface area contributed by atoms with Crippen LogP contribution in [0.1, 0.15) is 18.5 Å². The van der Waals surface area contributed by atoms with Crippen LogP contribution >= 0.6 is 0 Å². The number of nitrogens with zero attached hydrogens (tertiary/aromatic N) is 2. The molecule has 11 heavy (non-hydrogen) atoms. The lowest BCUT2D eigenvalue weighted by atomic mass is 10.2. The van der Waals surface area contributed by atoms with E-state index < -0.39 is 0 Å². The number of hydrogen-bond donors (Lipinski definition) is 1. The third-order valence-corrected chi connectivity index (χ3v) is 1.64. The zero-order valence-electron chi connectivity index (χ0n) is 6.12. The summed E-state index contributed by atoms with van der Waals surface area (Å²) in [6.07, 6.45) is 7.93. The Kier molecular flexibility index (Phi) is 1.55. The highest BCUT2D eigenvalue weighted by Crippen LogP contribution is 2.16. The molecule has 3 nitrogen and oxygen atoms in total. The third kappa shape index (κ3) is 1.22. The molecule has 0 spiro atoms. The fourth-order valence-corrected chi connectivity index (χ4v) is 1.09. The van der Waals surface area contributed by atoms with Gasteiger partial charge in [0, 0.05) is 12.4 Å². The second kappa shape index (κ2) is 2.70. The molecule has 0 unspecified atom stereocenters. The Morgan fingerprint density at radius 3 is 3.00 bits per heavy atom. The monoisotopic (exact) mass is 147 g/mol. The van der Waals surface area contributed by atoms with Crippen LogP contribution in [0.15, 0.2) is 23.3 Å². The highest BCUT2D eigenvalue weighted by atomic mass is 15.1. The maximum absolute atomic E-state index is 4.24. The molecular formula is C8H9N3. The molecular weight excluding hydrogens is 138 g/mol. The zero-order valence-corrected chi connectivity index (χ0v) is 6.12. The second-order valence-electron chi connectivity index (χ2n) is 2.45. The second-order valence-corrected chi connectivity index (χ2v) is 2.45. The van der Waals surface area contributed by atoms with Gasteiger partial charge >= 0.3 is 0 Å². The molecule has 56 valence electrons. The smallest absolute Gasteiger partial charge is 0.0836 e. The predicted octanol–water partition coefficient (Wildman–Crippen LogP) is 1.62. The summed E-state index contributed by atoms with van der Waals surface area (Å²) in [5.41, 5.74) is 2.01. The first-order valence-corrected chi connectivity index (χ1v) is 3.69. The third-order valence-electron chi connectivity index (χ3n) is 1.64. The molecule has 2 heterocycles. The molecule has 1 aromatic heterocycles. The Morgan fingerprint density at radius 1 is 1.36 bits per heavy atom. The molecule has 1 aliphatic rings. The van der Waals surface area contributed by atoms with Gasteiger partial charge in [0.05, 0.1) is 11.4 Å². The molecule has 0 atom stereocenters. The van der Waals surface area contributed by atoms with Crippen molar-refractivity contribution in [2.24, 2.45) is 4.99 Å². The van der Waals surface area contributed by atoms with Crippen molar-refractivity contribution >= 4 is 11.9 Å². The van der Waals surface area contributed by atoms with E-state index in [1.165, 1.54) is 0 Å². The fourth-order valence-electron chi connectivity index (χ4n) is 1.09. The first-order valence-electron chi connectivity index (χ1n) is 3.69. The quantitative estimate of drug-likeness (QED) is 0.644. The maximum atomic E-state index is 4.24. The SMILES string of the molecule is C1=NC(c2ccn[nH]2)=CCC1. The van der Waals surface area contributed by atoms with Gasteiger partial charge in [0.15, 0.2) is 0 Å². The number of aromatic nitrogens is 2. The van der Waals surface area contributed by atoms with Gasteiger partial charge in [0.2, 0.25) is 0 Å². The summed E-state index contributed by atoms with van der Waals surface area (Å²) in [6.45, 7) is 0. The van der Waals surface area contributed by atoms with Crippen LogP contribution in [0.2, 0.25) is 0 Å². The van der Waals surface area contributed by atoms with Crippen LogP contribution in [0.3, 0.4) is 0 Å². The summed E-state index contributed by atoms with van der Waals surface area (Å²) in [7, 11) is 0. The normalized spacial score (nSPS) is 16.5. The molecule has 0 fully saturated rings. The van der Waals surface area contributed by atoms with E-state index in [2.05, 4.69) is 21.3 Å². The van der Waals surface area contributed by atoms with Crippen molar-refractivity contribution < 1.29 is 0 Å². The van der Waals surface area contributed by atoms with E-state index in [0.717, 1.165) is 24.2 Å².